The molecule has 0 saturated heterocycles. The number of para-hydroxylation sites is 1. The summed E-state index contributed by atoms with van der Waals surface area (Å²) in [6.45, 7) is 0. The second kappa shape index (κ2) is 6.88. The number of rotatable bonds is 3. The van der Waals surface area contributed by atoms with Crippen molar-refractivity contribution < 1.29 is 18.0 Å². The van der Waals surface area contributed by atoms with Crippen LogP contribution in [0.5, 0.6) is 0 Å². The Morgan fingerprint density at radius 1 is 0.821 bits per heavy atom. The summed E-state index contributed by atoms with van der Waals surface area (Å²) in [4.78, 5) is 21.1. The Labute approximate surface area is 158 Å². The van der Waals surface area contributed by atoms with E-state index in [0.717, 1.165) is 6.07 Å². The molecule has 6 heteroatoms. The van der Waals surface area contributed by atoms with E-state index in [9.17, 15) is 18.0 Å². The Balaban J connectivity index is 2.05. The van der Waals surface area contributed by atoms with Crippen molar-refractivity contribution in [3.8, 4) is 11.1 Å². The largest absolute Gasteiger partial charge is 0.418 e. The minimum absolute atomic E-state index is 0.188. The third kappa shape index (κ3) is 3.13. The van der Waals surface area contributed by atoms with Crippen LogP contribution in [0.3, 0.4) is 0 Å². The summed E-state index contributed by atoms with van der Waals surface area (Å²) in [5.74, 6) is -0.397. The van der Waals surface area contributed by atoms with Gasteiger partial charge in [0.25, 0.3) is 0 Å². The van der Waals surface area contributed by atoms with Gasteiger partial charge in [-0.15, -0.1) is 0 Å². The standard InChI is InChI=1S/C22H13F3N2O/c23-22(24,25)17-10-6-9-15-19(14-7-2-1-3-8-14)16(13-27-20(15)17)21(28)18-11-4-5-12-26-18/h1-13H. The van der Waals surface area contributed by atoms with E-state index < -0.39 is 17.5 Å². The molecule has 0 amide bonds. The van der Waals surface area contributed by atoms with Gasteiger partial charge in [-0.3, -0.25) is 14.8 Å². The predicted octanol–water partition coefficient (Wildman–Crippen LogP) is 5.55. The van der Waals surface area contributed by atoms with Gasteiger partial charge in [0.2, 0.25) is 5.78 Å². The van der Waals surface area contributed by atoms with Gasteiger partial charge in [0.1, 0.15) is 5.69 Å². The number of carbonyl (C=O) groups excluding carboxylic acids is 1. The number of benzene rings is 2. The van der Waals surface area contributed by atoms with Gasteiger partial charge in [-0.1, -0.05) is 48.5 Å². The number of hydrogen-bond acceptors (Lipinski definition) is 3. The molecule has 0 aliphatic carbocycles. The first-order chi connectivity index (χ1) is 13.5. The molecule has 0 N–H and O–H groups in total. The molecule has 28 heavy (non-hydrogen) atoms. The molecule has 2 heterocycles. The van der Waals surface area contributed by atoms with Crippen LogP contribution in [-0.4, -0.2) is 15.8 Å². The van der Waals surface area contributed by atoms with Crippen molar-refractivity contribution in [3.05, 3.63) is 95.9 Å². The average molecular weight is 378 g/mol. The van der Waals surface area contributed by atoms with Crippen LogP contribution in [0.25, 0.3) is 22.0 Å². The summed E-state index contributed by atoms with van der Waals surface area (Å²) >= 11 is 0. The Bertz CT molecular complexity index is 1160. The molecule has 0 atom stereocenters. The number of hydrogen-bond donors (Lipinski definition) is 0. The van der Waals surface area contributed by atoms with Crippen molar-refractivity contribution in [1.29, 1.82) is 0 Å². The smallest absolute Gasteiger partial charge is 0.287 e. The van der Waals surface area contributed by atoms with Gasteiger partial charge < -0.3 is 0 Å². The zero-order chi connectivity index (χ0) is 19.7. The molecule has 4 aromatic rings. The molecule has 2 aromatic heterocycles. The highest BCUT2D eigenvalue weighted by Crippen LogP contribution is 2.38. The molecular weight excluding hydrogens is 365 g/mol. The lowest BCUT2D eigenvalue weighted by Crippen LogP contribution is -2.10. The Kier molecular flexibility index (Phi) is 4.39. The number of pyridine rings is 2. The van der Waals surface area contributed by atoms with Gasteiger partial charge >= 0.3 is 6.18 Å². The molecule has 0 fully saturated rings. The van der Waals surface area contributed by atoms with E-state index in [1.165, 1.54) is 18.5 Å². The molecule has 0 bridgehead atoms. The van der Waals surface area contributed by atoms with E-state index in [0.29, 0.717) is 11.1 Å². The topological polar surface area (TPSA) is 42.9 Å². The maximum atomic E-state index is 13.5. The summed E-state index contributed by atoms with van der Waals surface area (Å²) in [6, 6.07) is 17.6. The minimum atomic E-state index is -4.55. The summed E-state index contributed by atoms with van der Waals surface area (Å²) < 4.78 is 40.4. The third-order valence-corrected chi connectivity index (χ3v) is 4.41. The average Bonchev–Trinajstić information content (AvgIpc) is 2.72. The quantitative estimate of drug-likeness (QED) is 0.439. The van der Waals surface area contributed by atoms with Crippen LogP contribution < -0.4 is 0 Å². The van der Waals surface area contributed by atoms with Crippen LogP contribution in [0.1, 0.15) is 21.6 Å². The second-order valence-electron chi connectivity index (χ2n) is 6.16. The zero-order valence-electron chi connectivity index (χ0n) is 14.4. The Morgan fingerprint density at radius 2 is 1.57 bits per heavy atom. The number of ketones is 1. The van der Waals surface area contributed by atoms with Crippen molar-refractivity contribution in [3.63, 3.8) is 0 Å². The lowest BCUT2D eigenvalue weighted by Gasteiger charge is -2.15. The molecule has 138 valence electrons. The van der Waals surface area contributed by atoms with E-state index in [-0.39, 0.29) is 22.2 Å². The van der Waals surface area contributed by atoms with Crippen molar-refractivity contribution in [2.45, 2.75) is 6.18 Å². The van der Waals surface area contributed by atoms with Gasteiger partial charge in [0, 0.05) is 23.3 Å². The highest BCUT2D eigenvalue weighted by atomic mass is 19.4. The van der Waals surface area contributed by atoms with Crippen LogP contribution in [0.4, 0.5) is 13.2 Å². The minimum Gasteiger partial charge on any atom is -0.287 e. The van der Waals surface area contributed by atoms with Crippen molar-refractivity contribution in [1.82, 2.24) is 9.97 Å². The lowest BCUT2D eigenvalue weighted by molar-refractivity contribution is -0.136. The first kappa shape index (κ1) is 17.9. The number of fused-ring (bicyclic) bond motifs is 1. The number of carbonyl (C=O) groups is 1. The molecule has 4 rings (SSSR count). The van der Waals surface area contributed by atoms with E-state index in [1.54, 1.807) is 54.6 Å². The highest BCUT2D eigenvalue weighted by Gasteiger charge is 2.34. The van der Waals surface area contributed by atoms with Crippen LogP contribution in [0.2, 0.25) is 0 Å². The Hall–Kier alpha value is -3.54. The molecule has 0 radical (unpaired) electrons. The SMILES string of the molecule is O=C(c1ccccn1)c1cnc2c(C(F)(F)F)cccc2c1-c1ccccc1. The summed E-state index contributed by atoms with van der Waals surface area (Å²) in [5.41, 5.74) is 0.427. The first-order valence-corrected chi connectivity index (χ1v) is 8.47. The highest BCUT2D eigenvalue weighted by molar-refractivity contribution is 6.16. The first-order valence-electron chi connectivity index (χ1n) is 8.47. The molecule has 0 spiro atoms. The van der Waals surface area contributed by atoms with E-state index in [1.807, 2.05) is 0 Å². The molecule has 2 aromatic carbocycles. The van der Waals surface area contributed by atoms with Crippen LogP contribution in [-0.2, 0) is 6.18 Å². The molecule has 0 aliphatic heterocycles. The fourth-order valence-corrected chi connectivity index (χ4v) is 3.17. The van der Waals surface area contributed by atoms with Crippen molar-refractivity contribution >= 4 is 16.7 Å². The Morgan fingerprint density at radius 3 is 2.25 bits per heavy atom. The van der Waals surface area contributed by atoms with Crippen LogP contribution in [0, 0.1) is 0 Å². The van der Waals surface area contributed by atoms with Crippen LogP contribution in [0.15, 0.2) is 79.1 Å². The van der Waals surface area contributed by atoms with Gasteiger partial charge in [0.05, 0.1) is 16.6 Å². The molecule has 0 aliphatic rings. The van der Waals surface area contributed by atoms with Gasteiger partial charge in [-0.25, -0.2) is 0 Å². The molecule has 3 nitrogen and oxygen atoms in total. The monoisotopic (exact) mass is 378 g/mol. The van der Waals surface area contributed by atoms with Crippen molar-refractivity contribution in [2.75, 3.05) is 0 Å². The molecular formula is C22H13F3N2O. The predicted molar refractivity (Wildman–Crippen MR) is 99.9 cm³/mol. The summed E-state index contributed by atoms with van der Waals surface area (Å²) in [7, 11) is 0. The number of aromatic nitrogens is 2. The maximum Gasteiger partial charge on any atom is 0.418 e. The second-order valence-corrected chi connectivity index (χ2v) is 6.16. The fourth-order valence-electron chi connectivity index (χ4n) is 3.17. The van der Waals surface area contributed by atoms with E-state index >= 15 is 0 Å². The number of nitrogens with zero attached hydrogens (tertiary/aromatic N) is 2. The van der Waals surface area contributed by atoms with E-state index in [4.69, 9.17) is 0 Å². The van der Waals surface area contributed by atoms with Gasteiger partial charge in [-0.05, 0) is 23.8 Å². The lowest BCUT2D eigenvalue weighted by atomic mass is 9.92. The zero-order valence-corrected chi connectivity index (χ0v) is 14.4. The molecule has 0 unspecified atom stereocenters. The summed E-state index contributed by atoms with van der Waals surface area (Å²) in [6.07, 6.45) is -1.85. The van der Waals surface area contributed by atoms with Gasteiger partial charge in [-0.2, -0.15) is 13.2 Å². The summed E-state index contributed by atoms with van der Waals surface area (Å²) in [5, 5.41) is 0.266. The third-order valence-electron chi connectivity index (χ3n) is 4.41. The number of halogens is 3. The maximum absolute atomic E-state index is 13.5. The van der Waals surface area contributed by atoms with Gasteiger partial charge in [0.15, 0.2) is 0 Å². The van der Waals surface area contributed by atoms with Crippen molar-refractivity contribution in [2.24, 2.45) is 0 Å². The normalized spacial score (nSPS) is 11.5. The fraction of sp³-hybridized carbons (Fsp3) is 0.0455. The van der Waals surface area contributed by atoms with E-state index in [2.05, 4.69) is 9.97 Å². The van der Waals surface area contributed by atoms with Crippen LogP contribution >= 0.6 is 0 Å². The number of alkyl halides is 3. The molecule has 0 saturated carbocycles.